The summed E-state index contributed by atoms with van der Waals surface area (Å²) in [4.78, 5) is 18.8. The van der Waals surface area contributed by atoms with E-state index in [1.54, 1.807) is 6.20 Å². The Hall–Kier alpha value is -2.40. The molecule has 0 radical (unpaired) electrons. The van der Waals surface area contributed by atoms with Gasteiger partial charge in [0.2, 0.25) is 0 Å². The maximum atomic E-state index is 12.5. The smallest absolute Gasteiger partial charge is 0.253 e. The number of benzene rings is 1. The number of pyridine rings is 1. The molecule has 5 nitrogen and oxygen atoms in total. The lowest BCUT2D eigenvalue weighted by atomic mass is 10.1. The van der Waals surface area contributed by atoms with Gasteiger partial charge in [-0.1, -0.05) is 18.2 Å². The van der Waals surface area contributed by atoms with Gasteiger partial charge in [0, 0.05) is 37.7 Å². The van der Waals surface area contributed by atoms with Crippen LogP contribution in [0.1, 0.15) is 15.9 Å². The zero-order chi connectivity index (χ0) is 15.9. The molecule has 1 aromatic heterocycles. The number of hydrogen-bond acceptors (Lipinski definition) is 4. The molecule has 0 unspecified atom stereocenters. The third kappa shape index (κ3) is 4.07. The summed E-state index contributed by atoms with van der Waals surface area (Å²) in [6.07, 6.45) is 4.35. The van der Waals surface area contributed by atoms with Gasteiger partial charge in [0.05, 0.1) is 18.8 Å². The van der Waals surface area contributed by atoms with Crippen molar-refractivity contribution in [3.63, 3.8) is 0 Å². The second-order valence-electron chi connectivity index (χ2n) is 5.48. The summed E-state index contributed by atoms with van der Waals surface area (Å²) >= 11 is 0. The van der Waals surface area contributed by atoms with Gasteiger partial charge in [0.1, 0.15) is 0 Å². The highest BCUT2D eigenvalue weighted by Crippen LogP contribution is 2.21. The second-order valence-corrected chi connectivity index (χ2v) is 5.48. The van der Waals surface area contributed by atoms with E-state index in [2.05, 4.69) is 15.2 Å². The Kier molecular flexibility index (Phi) is 5.21. The van der Waals surface area contributed by atoms with Gasteiger partial charge in [-0.25, -0.2) is 0 Å². The number of amides is 1. The number of ether oxygens (including phenoxy) is 1. The highest BCUT2D eigenvalue weighted by Gasteiger charge is 2.17. The lowest BCUT2D eigenvalue weighted by Gasteiger charge is -2.30. The quantitative estimate of drug-likeness (QED) is 0.916. The third-order valence-electron chi connectivity index (χ3n) is 3.92. The van der Waals surface area contributed by atoms with E-state index in [4.69, 9.17) is 4.74 Å². The molecule has 1 aliphatic rings. The number of hydrogen-bond donors (Lipinski definition) is 1. The van der Waals surface area contributed by atoms with Crippen LogP contribution in [0.15, 0.2) is 48.8 Å². The Balaban J connectivity index is 1.62. The summed E-state index contributed by atoms with van der Waals surface area (Å²) in [7, 11) is 0. The standard InChI is InChI=1S/C18H21N3O2/c22-18(20-9-7-15-4-3-8-19-14-15)16-5-1-2-6-17(16)21-10-12-23-13-11-21/h1-6,8,14H,7,9-13H2,(H,20,22). The van der Waals surface area contributed by atoms with E-state index in [0.717, 1.165) is 36.3 Å². The van der Waals surface area contributed by atoms with Gasteiger partial charge >= 0.3 is 0 Å². The molecular formula is C18H21N3O2. The van der Waals surface area contributed by atoms with Crippen LogP contribution in [0.3, 0.4) is 0 Å². The number of carbonyl (C=O) groups is 1. The van der Waals surface area contributed by atoms with Gasteiger partial charge in [-0.05, 0) is 30.2 Å². The van der Waals surface area contributed by atoms with Crippen LogP contribution in [-0.4, -0.2) is 43.7 Å². The Bertz CT molecular complexity index is 640. The normalized spacial score (nSPS) is 14.5. The number of para-hydroxylation sites is 1. The summed E-state index contributed by atoms with van der Waals surface area (Å²) in [5.41, 5.74) is 2.82. The van der Waals surface area contributed by atoms with Crippen LogP contribution in [0.5, 0.6) is 0 Å². The molecule has 1 aromatic carbocycles. The summed E-state index contributed by atoms with van der Waals surface area (Å²) in [5.74, 6) is -0.0315. The number of rotatable bonds is 5. The van der Waals surface area contributed by atoms with Crippen molar-refractivity contribution < 1.29 is 9.53 Å². The van der Waals surface area contributed by atoms with Crippen molar-refractivity contribution in [2.75, 3.05) is 37.7 Å². The van der Waals surface area contributed by atoms with Crippen LogP contribution in [0.4, 0.5) is 5.69 Å². The first kappa shape index (κ1) is 15.5. The Morgan fingerprint density at radius 1 is 1.17 bits per heavy atom. The van der Waals surface area contributed by atoms with Gasteiger partial charge in [-0.2, -0.15) is 0 Å². The molecule has 0 atom stereocenters. The van der Waals surface area contributed by atoms with Crippen LogP contribution in [0.25, 0.3) is 0 Å². The van der Waals surface area contributed by atoms with Crippen molar-refractivity contribution in [1.29, 1.82) is 0 Å². The van der Waals surface area contributed by atoms with E-state index in [1.807, 2.05) is 42.6 Å². The van der Waals surface area contributed by atoms with Gasteiger partial charge < -0.3 is 15.0 Å². The first-order valence-electron chi connectivity index (χ1n) is 7.93. The van der Waals surface area contributed by atoms with E-state index in [-0.39, 0.29) is 5.91 Å². The lowest BCUT2D eigenvalue weighted by molar-refractivity contribution is 0.0952. The van der Waals surface area contributed by atoms with Crippen LogP contribution in [0, 0.1) is 0 Å². The minimum Gasteiger partial charge on any atom is -0.378 e. The minimum atomic E-state index is -0.0315. The third-order valence-corrected chi connectivity index (χ3v) is 3.92. The summed E-state index contributed by atoms with van der Waals surface area (Å²) in [6, 6.07) is 11.7. The van der Waals surface area contributed by atoms with E-state index in [1.165, 1.54) is 0 Å². The predicted octanol–water partition coefficient (Wildman–Crippen LogP) is 1.89. The van der Waals surface area contributed by atoms with Crippen molar-refractivity contribution in [2.45, 2.75) is 6.42 Å². The average Bonchev–Trinajstić information content (AvgIpc) is 2.63. The van der Waals surface area contributed by atoms with Gasteiger partial charge in [0.15, 0.2) is 0 Å². The largest absolute Gasteiger partial charge is 0.378 e. The van der Waals surface area contributed by atoms with E-state index >= 15 is 0 Å². The maximum absolute atomic E-state index is 12.5. The first-order valence-corrected chi connectivity index (χ1v) is 7.93. The molecule has 0 aliphatic carbocycles. The van der Waals surface area contributed by atoms with Crippen LogP contribution >= 0.6 is 0 Å². The number of anilines is 1. The summed E-state index contributed by atoms with van der Waals surface area (Å²) in [6.45, 7) is 3.65. The van der Waals surface area contributed by atoms with Crippen molar-refractivity contribution in [3.05, 3.63) is 59.9 Å². The molecule has 0 spiro atoms. The van der Waals surface area contributed by atoms with E-state index < -0.39 is 0 Å². The minimum absolute atomic E-state index is 0.0315. The van der Waals surface area contributed by atoms with Crippen LogP contribution in [-0.2, 0) is 11.2 Å². The molecule has 1 N–H and O–H groups in total. The average molecular weight is 311 g/mol. The van der Waals surface area contributed by atoms with E-state index in [0.29, 0.717) is 19.8 Å². The maximum Gasteiger partial charge on any atom is 0.253 e. The zero-order valence-electron chi connectivity index (χ0n) is 13.1. The van der Waals surface area contributed by atoms with Gasteiger partial charge in [-0.3, -0.25) is 9.78 Å². The molecule has 120 valence electrons. The van der Waals surface area contributed by atoms with Crippen LogP contribution in [0.2, 0.25) is 0 Å². The highest BCUT2D eigenvalue weighted by molar-refractivity contribution is 5.99. The lowest BCUT2D eigenvalue weighted by Crippen LogP contribution is -2.38. The van der Waals surface area contributed by atoms with Crippen molar-refractivity contribution in [1.82, 2.24) is 10.3 Å². The number of nitrogens with one attached hydrogen (secondary N) is 1. The summed E-state index contributed by atoms with van der Waals surface area (Å²) < 4.78 is 5.39. The Morgan fingerprint density at radius 3 is 2.78 bits per heavy atom. The molecule has 5 heteroatoms. The Morgan fingerprint density at radius 2 is 2.00 bits per heavy atom. The Labute approximate surface area is 136 Å². The van der Waals surface area contributed by atoms with E-state index in [9.17, 15) is 4.79 Å². The fourth-order valence-electron chi connectivity index (χ4n) is 2.71. The molecule has 1 aliphatic heterocycles. The van der Waals surface area contributed by atoms with Crippen molar-refractivity contribution in [3.8, 4) is 0 Å². The number of nitrogens with zero attached hydrogens (tertiary/aromatic N) is 2. The molecular weight excluding hydrogens is 290 g/mol. The molecule has 0 saturated carbocycles. The van der Waals surface area contributed by atoms with Crippen molar-refractivity contribution in [2.24, 2.45) is 0 Å². The second kappa shape index (κ2) is 7.74. The summed E-state index contributed by atoms with van der Waals surface area (Å²) in [5, 5.41) is 3.00. The van der Waals surface area contributed by atoms with Gasteiger partial charge in [-0.15, -0.1) is 0 Å². The topological polar surface area (TPSA) is 54.5 Å². The monoisotopic (exact) mass is 311 g/mol. The highest BCUT2D eigenvalue weighted by atomic mass is 16.5. The fraction of sp³-hybridized carbons (Fsp3) is 0.333. The molecule has 23 heavy (non-hydrogen) atoms. The molecule has 2 heterocycles. The molecule has 2 aromatic rings. The molecule has 1 amide bonds. The molecule has 1 saturated heterocycles. The first-order chi connectivity index (χ1) is 11.3. The SMILES string of the molecule is O=C(NCCc1cccnc1)c1ccccc1N1CCOCC1. The predicted molar refractivity (Wildman–Crippen MR) is 89.7 cm³/mol. The zero-order valence-corrected chi connectivity index (χ0v) is 13.1. The number of aromatic nitrogens is 1. The fourth-order valence-corrected chi connectivity index (χ4v) is 2.71. The number of morpholine rings is 1. The van der Waals surface area contributed by atoms with Crippen LogP contribution < -0.4 is 10.2 Å². The molecule has 0 bridgehead atoms. The van der Waals surface area contributed by atoms with Crippen molar-refractivity contribution >= 4 is 11.6 Å². The molecule has 1 fully saturated rings. The van der Waals surface area contributed by atoms with Gasteiger partial charge in [0.25, 0.3) is 5.91 Å². The number of carbonyl (C=O) groups excluding carboxylic acids is 1. The molecule has 3 rings (SSSR count).